The van der Waals surface area contributed by atoms with Crippen LogP contribution in [0.5, 0.6) is 0 Å². The van der Waals surface area contributed by atoms with Crippen LogP contribution in [-0.2, 0) is 17.8 Å². The van der Waals surface area contributed by atoms with Gasteiger partial charge >= 0.3 is 0 Å². The Hall–Kier alpha value is -2.47. The molecule has 0 radical (unpaired) electrons. The standard InChI is InChI=1S/C19H23N5O/c25-19-15(8-4-5-10-21-19)22-18-14-9-11-20-12-16(14)23-17(24-18)13-6-2-1-3-7-13/h1-3,6-7,15,20H,4-5,8-12H2,(H,21,25)(H,22,23,24)/t15-/m0/s1. The molecule has 1 atom stereocenters. The molecule has 1 aromatic carbocycles. The van der Waals surface area contributed by atoms with E-state index in [2.05, 4.69) is 16.0 Å². The number of benzene rings is 1. The third-order valence-corrected chi connectivity index (χ3v) is 4.82. The fourth-order valence-electron chi connectivity index (χ4n) is 3.44. The van der Waals surface area contributed by atoms with Gasteiger partial charge in [0, 0.05) is 24.2 Å². The van der Waals surface area contributed by atoms with Crippen LogP contribution >= 0.6 is 0 Å². The smallest absolute Gasteiger partial charge is 0.242 e. The van der Waals surface area contributed by atoms with E-state index in [0.717, 1.165) is 68.0 Å². The molecule has 25 heavy (non-hydrogen) atoms. The second kappa shape index (κ2) is 7.19. The molecule has 1 saturated heterocycles. The maximum Gasteiger partial charge on any atom is 0.242 e. The third-order valence-electron chi connectivity index (χ3n) is 4.82. The van der Waals surface area contributed by atoms with Gasteiger partial charge in [-0.1, -0.05) is 30.3 Å². The highest BCUT2D eigenvalue weighted by Crippen LogP contribution is 2.26. The van der Waals surface area contributed by atoms with Crippen LogP contribution in [0.4, 0.5) is 5.82 Å². The molecule has 0 bridgehead atoms. The summed E-state index contributed by atoms with van der Waals surface area (Å²) in [5.41, 5.74) is 3.15. The Kier molecular flexibility index (Phi) is 4.61. The molecule has 2 aliphatic heterocycles. The number of fused-ring (bicyclic) bond motifs is 1. The number of hydrogen-bond acceptors (Lipinski definition) is 5. The van der Waals surface area contributed by atoms with Gasteiger partial charge in [-0.05, 0) is 32.2 Å². The lowest BCUT2D eigenvalue weighted by Crippen LogP contribution is -2.39. The summed E-state index contributed by atoms with van der Waals surface area (Å²) >= 11 is 0. The van der Waals surface area contributed by atoms with Crippen molar-refractivity contribution in [2.45, 2.75) is 38.3 Å². The molecule has 2 aromatic rings. The zero-order valence-corrected chi connectivity index (χ0v) is 14.2. The molecule has 3 heterocycles. The Bertz CT molecular complexity index is 762. The largest absolute Gasteiger partial charge is 0.358 e. The maximum atomic E-state index is 12.3. The maximum absolute atomic E-state index is 12.3. The number of anilines is 1. The zero-order chi connectivity index (χ0) is 17.1. The summed E-state index contributed by atoms with van der Waals surface area (Å²) < 4.78 is 0. The summed E-state index contributed by atoms with van der Waals surface area (Å²) in [6.07, 6.45) is 3.78. The van der Waals surface area contributed by atoms with Gasteiger partial charge in [-0.3, -0.25) is 4.79 Å². The molecule has 0 spiro atoms. The van der Waals surface area contributed by atoms with Crippen LogP contribution < -0.4 is 16.0 Å². The zero-order valence-electron chi connectivity index (χ0n) is 14.2. The molecule has 0 saturated carbocycles. The minimum atomic E-state index is -0.222. The molecular weight excluding hydrogens is 314 g/mol. The van der Waals surface area contributed by atoms with Crippen molar-refractivity contribution in [2.24, 2.45) is 0 Å². The van der Waals surface area contributed by atoms with E-state index in [1.165, 1.54) is 0 Å². The van der Waals surface area contributed by atoms with Crippen molar-refractivity contribution >= 4 is 11.7 Å². The van der Waals surface area contributed by atoms with Crippen LogP contribution in [0.15, 0.2) is 30.3 Å². The first kappa shape index (κ1) is 16.0. The fraction of sp³-hybridized carbons (Fsp3) is 0.421. The molecule has 1 fully saturated rings. The number of carbonyl (C=O) groups is 1. The molecule has 1 amide bonds. The minimum absolute atomic E-state index is 0.0695. The second-order valence-corrected chi connectivity index (χ2v) is 6.60. The van der Waals surface area contributed by atoms with E-state index in [1.807, 2.05) is 30.3 Å². The van der Waals surface area contributed by atoms with Crippen molar-refractivity contribution in [3.8, 4) is 11.4 Å². The molecule has 3 N–H and O–H groups in total. The second-order valence-electron chi connectivity index (χ2n) is 6.60. The van der Waals surface area contributed by atoms with Crippen LogP contribution in [0.25, 0.3) is 11.4 Å². The van der Waals surface area contributed by atoms with Crippen LogP contribution in [0, 0.1) is 0 Å². The lowest BCUT2D eigenvalue weighted by molar-refractivity contribution is -0.121. The van der Waals surface area contributed by atoms with Gasteiger partial charge in [0.15, 0.2) is 5.82 Å². The Morgan fingerprint density at radius 1 is 1.08 bits per heavy atom. The predicted octanol–water partition coefficient (Wildman–Crippen LogP) is 1.87. The van der Waals surface area contributed by atoms with E-state index in [-0.39, 0.29) is 11.9 Å². The Labute approximate surface area is 147 Å². The molecule has 4 rings (SSSR count). The first-order chi connectivity index (χ1) is 12.3. The van der Waals surface area contributed by atoms with Crippen LogP contribution in [0.2, 0.25) is 0 Å². The lowest BCUT2D eigenvalue weighted by atomic mass is 10.0. The molecule has 1 aromatic heterocycles. The Morgan fingerprint density at radius 3 is 2.84 bits per heavy atom. The van der Waals surface area contributed by atoms with Gasteiger partial charge in [0.25, 0.3) is 0 Å². The van der Waals surface area contributed by atoms with Gasteiger partial charge < -0.3 is 16.0 Å². The molecule has 6 nitrogen and oxygen atoms in total. The molecule has 0 aliphatic carbocycles. The van der Waals surface area contributed by atoms with Gasteiger partial charge in [0.05, 0.1) is 5.69 Å². The van der Waals surface area contributed by atoms with Crippen LogP contribution in [-0.4, -0.2) is 35.0 Å². The predicted molar refractivity (Wildman–Crippen MR) is 97.2 cm³/mol. The van der Waals surface area contributed by atoms with E-state index in [9.17, 15) is 4.79 Å². The third kappa shape index (κ3) is 3.49. The highest BCUT2D eigenvalue weighted by Gasteiger charge is 2.24. The number of hydrogen-bond donors (Lipinski definition) is 3. The molecule has 130 valence electrons. The summed E-state index contributed by atoms with van der Waals surface area (Å²) in [4.78, 5) is 21.9. The van der Waals surface area contributed by atoms with Crippen LogP contribution in [0.3, 0.4) is 0 Å². The molecular formula is C19H23N5O. The summed E-state index contributed by atoms with van der Waals surface area (Å²) in [6, 6.07) is 9.77. The lowest BCUT2D eigenvalue weighted by Gasteiger charge is -2.23. The first-order valence-electron chi connectivity index (χ1n) is 9.01. The highest BCUT2D eigenvalue weighted by molar-refractivity contribution is 5.84. The number of amides is 1. The van der Waals surface area contributed by atoms with Crippen LogP contribution in [0.1, 0.15) is 30.5 Å². The average molecular weight is 337 g/mol. The number of carbonyl (C=O) groups excluding carboxylic acids is 1. The summed E-state index contributed by atoms with van der Waals surface area (Å²) in [5, 5.41) is 9.77. The van der Waals surface area contributed by atoms with Crippen molar-refractivity contribution in [2.75, 3.05) is 18.4 Å². The van der Waals surface area contributed by atoms with E-state index < -0.39 is 0 Å². The molecule has 0 unspecified atom stereocenters. The number of rotatable bonds is 3. The topological polar surface area (TPSA) is 78.9 Å². The Morgan fingerprint density at radius 2 is 1.96 bits per heavy atom. The van der Waals surface area contributed by atoms with E-state index in [0.29, 0.717) is 5.82 Å². The minimum Gasteiger partial charge on any atom is -0.358 e. The quantitative estimate of drug-likeness (QED) is 0.797. The van der Waals surface area contributed by atoms with E-state index >= 15 is 0 Å². The number of aromatic nitrogens is 2. The van der Waals surface area contributed by atoms with Crippen molar-refractivity contribution < 1.29 is 4.79 Å². The van der Waals surface area contributed by atoms with Crippen molar-refractivity contribution in [1.82, 2.24) is 20.6 Å². The summed E-state index contributed by atoms with van der Waals surface area (Å²) in [5.74, 6) is 1.59. The summed E-state index contributed by atoms with van der Waals surface area (Å²) in [7, 11) is 0. The number of nitrogens with one attached hydrogen (secondary N) is 3. The van der Waals surface area contributed by atoms with E-state index in [1.54, 1.807) is 0 Å². The SMILES string of the molecule is O=C1NCCCC[C@@H]1Nc1nc(-c2ccccc2)nc2c1CCNC2. The normalized spacial score (nSPS) is 20.3. The van der Waals surface area contributed by atoms with Crippen molar-refractivity contribution in [3.63, 3.8) is 0 Å². The first-order valence-corrected chi connectivity index (χ1v) is 9.01. The highest BCUT2D eigenvalue weighted by atomic mass is 16.2. The Balaban J connectivity index is 1.71. The van der Waals surface area contributed by atoms with Gasteiger partial charge in [0.1, 0.15) is 11.9 Å². The molecule has 6 heteroatoms. The summed E-state index contributed by atoms with van der Waals surface area (Å²) in [6.45, 7) is 2.41. The number of nitrogens with zero attached hydrogens (tertiary/aromatic N) is 2. The van der Waals surface area contributed by atoms with Crippen molar-refractivity contribution in [3.05, 3.63) is 41.6 Å². The monoisotopic (exact) mass is 337 g/mol. The van der Waals surface area contributed by atoms with Gasteiger partial charge in [-0.25, -0.2) is 9.97 Å². The van der Waals surface area contributed by atoms with Gasteiger partial charge in [-0.15, -0.1) is 0 Å². The van der Waals surface area contributed by atoms with Crippen molar-refractivity contribution in [1.29, 1.82) is 0 Å². The fourth-order valence-corrected chi connectivity index (χ4v) is 3.44. The average Bonchev–Trinajstić information content (AvgIpc) is 2.87. The molecule has 2 aliphatic rings. The van der Waals surface area contributed by atoms with Gasteiger partial charge in [0.2, 0.25) is 5.91 Å². The van der Waals surface area contributed by atoms with E-state index in [4.69, 9.17) is 9.97 Å². The van der Waals surface area contributed by atoms with Gasteiger partial charge in [-0.2, -0.15) is 0 Å².